The van der Waals surface area contributed by atoms with Gasteiger partial charge in [-0.1, -0.05) is 97.1 Å². The fourth-order valence-electron chi connectivity index (χ4n) is 3.40. The van der Waals surface area contributed by atoms with E-state index in [1.54, 1.807) is 0 Å². The van der Waals surface area contributed by atoms with Crippen molar-refractivity contribution in [3.8, 4) is 22.3 Å². The van der Waals surface area contributed by atoms with Crippen molar-refractivity contribution in [2.45, 2.75) is 0 Å². The van der Waals surface area contributed by atoms with Gasteiger partial charge in [-0.15, -0.1) is 0 Å². The van der Waals surface area contributed by atoms with E-state index in [0.717, 1.165) is 22.3 Å². The summed E-state index contributed by atoms with van der Waals surface area (Å²) in [6, 6.07) is 34.8. The molecule has 3 heteroatoms. The summed E-state index contributed by atoms with van der Waals surface area (Å²) in [6.07, 6.45) is -1.02. The molecule has 0 radical (unpaired) electrons. The summed E-state index contributed by atoms with van der Waals surface area (Å²) < 4.78 is 0. The van der Waals surface area contributed by atoms with Crippen LogP contribution in [0.5, 0.6) is 0 Å². The number of carbonyl (C=O) groups is 1. The third kappa shape index (κ3) is 3.38. The van der Waals surface area contributed by atoms with Crippen LogP contribution >= 0.6 is 0 Å². The second-order valence-corrected chi connectivity index (χ2v) is 6.38. The Morgan fingerprint density at radius 1 is 0.536 bits per heavy atom. The van der Waals surface area contributed by atoms with Gasteiger partial charge in [0, 0.05) is 11.1 Å². The largest absolute Gasteiger partial charge is 0.464 e. The number of benzene rings is 4. The summed E-state index contributed by atoms with van der Waals surface area (Å²) >= 11 is 0. The Morgan fingerprint density at radius 2 is 0.893 bits per heavy atom. The summed E-state index contributed by atoms with van der Waals surface area (Å²) in [5, 5.41) is 10.1. The van der Waals surface area contributed by atoms with Crippen molar-refractivity contribution in [3.05, 3.63) is 109 Å². The third-order valence-electron chi connectivity index (χ3n) is 4.65. The molecule has 4 aromatic carbocycles. The van der Waals surface area contributed by atoms with E-state index in [2.05, 4.69) is 0 Å². The van der Waals surface area contributed by atoms with Crippen molar-refractivity contribution >= 4 is 17.5 Å². The van der Waals surface area contributed by atoms with Gasteiger partial charge in [0.1, 0.15) is 0 Å². The number of amides is 1. The molecule has 4 aromatic rings. The maximum absolute atomic E-state index is 12.4. The van der Waals surface area contributed by atoms with E-state index in [1.165, 1.54) is 4.90 Å². The van der Waals surface area contributed by atoms with Gasteiger partial charge in [0.2, 0.25) is 0 Å². The second-order valence-electron chi connectivity index (χ2n) is 6.38. The molecule has 28 heavy (non-hydrogen) atoms. The molecule has 0 aliphatic carbocycles. The average molecular weight is 365 g/mol. The lowest BCUT2D eigenvalue weighted by molar-refractivity contribution is 0.205. The first-order chi connectivity index (χ1) is 13.8. The van der Waals surface area contributed by atoms with E-state index >= 15 is 0 Å². The van der Waals surface area contributed by atoms with E-state index < -0.39 is 6.09 Å². The molecule has 0 atom stereocenters. The molecular formula is C25H19NO2. The number of carboxylic acid groups (broad SMARTS) is 1. The molecule has 3 nitrogen and oxygen atoms in total. The zero-order valence-corrected chi connectivity index (χ0v) is 15.2. The Labute approximate surface area is 164 Å². The Bertz CT molecular complexity index is 1010. The Morgan fingerprint density at radius 3 is 1.29 bits per heavy atom. The summed E-state index contributed by atoms with van der Waals surface area (Å²) in [5.41, 5.74) is 4.94. The summed E-state index contributed by atoms with van der Waals surface area (Å²) in [7, 11) is 0. The van der Waals surface area contributed by atoms with Crippen LogP contribution < -0.4 is 4.90 Å². The number of anilines is 2. The van der Waals surface area contributed by atoms with Crippen LogP contribution in [0, 0.1) is 0 Å². The van der Waals surface area contributed by atoms with Gasteiger partial charge in [-0.25, -0.2) is 9.69 Å². The number of hydrogen-bond donors (Lipinski definition) is 1. The predicted octanol–water partition coefficient (Wildman–Crippen LogP) is 6.84. The highest BCUT2D eigenvalue weighted by atomic mass is 16.4. The van der Waals surface area contributed by atoms with Gasteiger partial charge >= 0.3 is 6.09 Å². The van der Waals surface area contributed by atoms with Crippen LogP contribution in [0.25, 0.3) is 22.3 Å². The first kappa shape index (κ1) is 17.6. The first-order valence-corrected chi connectivity index (χ1v) is 9.07. The summed E-state index contributed by atoms with van der Waals surface area (Å²) in [5.74, 6) is 0. The Hall–Kier alpha value is -3.85. The van der Waals surface area contributed by atoms with Crippen LogP contribution in [0.15, 0.2) is 109 Å². The molecule has 4 rings (SSSR count). The molecule has 1 N–H and O–H groups in total. The maximum atomic E-state index is 12.4. The molecule has 0 aliphatic heterocycles. The number of para-hydroxylation sites is 2. The Kier molecular flexibility index (Phi) is 4.89. The van der Waals surface area contributed by atoms with E-state index in [4.69, 9.17) is 0 Å². The van der Waals surface area contributed by atoms with E-state index in [9.17, 15) is 9.90 Å². The maximum Gasteiger partial charge on any atom is 0.416 e. The third-order valence-corrected chi connectivity index (χ3v) is 4.65. The average Bonchev–Trinajstić information content (AvgIpc) is 2.76. The van der Waals surface area contributed by atoms with Gasteiger partial charge in [-0.05, 0) is 23.3 Å². The zero-order valence-electron chi connectivity index (χ0n) is 15.2. The summed E-state index contributed by atoms with van der Waals surface area (Å²) in [4.78, 5) is 13.8. The fourth-order valence-corrected chi connectivity index (χ4v) is 3.40. The first-order valence-electron chi connectivity index (χ1n) is 9.07. The van der Waals surface area contributed by atoms with Crippen LogP contribution in [0.2, 0.25) is 0 Å². The van der Waals surface area contributed by atoms with Crippen LogP contribution in [0.1, 0.15) is 0 Å². The van der Waals surface area contributed by atoms with E-state index in [1.807, 2.05) is 109 Å². The highest BCUT2D eigenvalue weighted by Crippen LogP contribution is 2.39. The molecule has 0 saturated carbocycles. The summed E-state index contributed by atoms with van der Waals surface area (Å²) in [6.45, 7) is 0. The molecule has 0 fully saturated rings. The van der Waals surface area contributed by atoms with Crippen molar-refractivity contribution in [2.24, 2.45) is 0 Å². The smallest absolute Gasteiger partial charge is 0.416 e. The lowest BCUT2D eigenvalue weighted by Crippen LogP contribution is -2.24. The minimum atomic E-state index is -1.02. The predicted molar refractivity (Wildman–Crippen MR) is 114 cm³/mol. The quantitative estimate of drug-likeness (QED) is 0.430. The second kappa shape index (κ2) is 7.80. The van der Waals surface area contributed by atoms with Crippen molar-refractivity contribution in [3.63, 3.8) is 0 Å². The Balaban J connectivity index is 1.92. The van der Waals surface area contributed by atoms with Gasteiger partial charge in [0.05, 0.1) is 11.4 Å². The molecule has 0 unspecified atom stereocenters. The van der Waals surface area contributed by atoms with Crippen LogP contribution in [0.4, 0.5) is 16.2 Å². The van der Waals surface area contributed by atoms with E-state index in [0.29, 0.717) is 11.4 Å². The van der Waals surface area contributed by atoms with Crippen LogP contribution in [-0.2, 0) is 0 Å². The van der Waals surface area contributed by atoms with Gasteiger partial charge in [0.25, 0.3) is 0 Å². The standard InChI is InChI=1S/C25H19NO2/c27-25(28)26(23-17-9-7-15-21(23)19-11-3-1-4-12-19)24-18-10-8-16-22(24)20-13-5-2-6-14-20/h1-18H,(H,27,28). The molecule has 0 aromatic heterocycles. The minimum Gasteiger partial charge on any atom is -0.464 e. The van der Waals surface area contributed by atoms with Gasteiger partial charge in [-0.3, -0.25) is 0 Å². The number of nitrogens with zero attached hydrogens (tertiary/aromatic N) is 1. The van der Waals surface area contributed by atoms with Crippen molar-refractivity contribution in [1.29, 1.82) is 0 Å². The minimum absolute atomic E-state index is 0.629. The van der Waals surface area contributed by atoms with Gasteiger partial charge in [-0.2, -0.15) is 0 Å². The number of hydrogen-bond acceptors (Lipinski definition) is 1. The zero-order chi connectivity index (χ0) is 19.3. The van der Waals surface area contributed by atoms with Gasteiger partial charge < -0.3 is 5.11 Å². The molecular weight excluding hydrogens is 346 g/mol. The normalized spacial score (nSPS) is 10.4. The SMILES string of the molecule is O=C(O)N(c1ccccc1-c1ccccc1)c1ccccc1-c1ccccc1. The molecule has 0 saturated heterocycles. The molecule has 136 valence electrons. The highest BCUT2D eigenvalue weighted by molar-refractivity contribution is 6.03. The van der Waals surface area contributed by atoms with Crippen LogP contribution in [0.3, 0.4) is 0 Å². The highest BCUT2D eigenvalue weighted by Gasteiger charge is 2.23. The van der Waals surface area contributed by atoms with E-state index in [-0.39, 0.29) is 0 Å². The fraction of sp³-hybridized carbons (Fsp3) is 0. The number of rotatable bonds is 4. The molecule has 1 amide bonds. The van der Waals surface area contributed by atoms with Crippen molar-refractivity contribution in [1.82, 2.24) is 0 Å². The van der Waals surface area contributed by atoms with Crippen molar-refractivity contribution < 1.29 is 9.90 Å². The molecule has 0 aliphatic rings. The molecule has 0 spiro atoms. The van der Waals surface area contributed by atoms with Crippen molar-refractivity contribution in [2.75, 3.05) is 4.90 Å². The lowest BCUT2D eigenvalue weighted by Gasteiger charge is -2.25. The topological polar surface area (TPSA) is 40.5 Å². The molecule has 0 heterocycles. The monoisotopic (exact) mass is 365 g/mol. The van der Waals surface area contributed by atoms with Crippen LogP contribution in [-0.4, -0.2) is 11.2 Å². The molecule has 0 bridgehead atoms. The van der Waals surface area contributed by atoms with Gasteiger partial charge in [0.15, 0.2) is 0 Å². The lowest BCUT2D eigenvalue weighted by atomic mass is 10.00.